The molecule has 19 heavy (non-hydrogen) atoms. The molecule has 0 atom stereocenters. The topological polar surface area (TPSA) is 22.0 Å². The molecule has 0 saturated carbocycles. The van der Waals surface area contributed by atoms with E-state index >= 15 is 0 Å². The molecule has 0 N–H and O–H groups in total. The van der Waals surface area contributed by atoms with Gasteiger partial charge in [0.2, 0.25) is 0 Å². The second kappa shape index (κ2) is 5.15. The number of fused-ring (bicyclic) bond motifs is 1. The number of aryl methyl sites for hydroxylation is 1. The van der Waals surface area contributed by atoms with Gasteiger partial charge in [-0.05, 0) is 30.7 Å². The van der Waals surface area contributed by atoms with Crippen LogP contribution in [0.4, 0.5) is 0 Å². The molecule has 0 aliphatic heterocycles. The predicted molar refractivity (Wildman–Crippen MR) is 79.7 cm³/mol. The molecule has 0 bridgehead atoms. The summed E-state index contributed by atoms with van der Waals surface area (Å²) in [4.78, 5) is 12.3. The second-order valence-electron chi connectivity index (χ2n) is 6.88. The minimum Gasteiger partial charge on any atom is -0.348 e. The molecule has 1 heterocycles. The Labute approximate surface area is 117 Å². The molecule has 2 nitrogen and oxygen atoms in total. The van der Waals surface area contributed by atoms with E-state index in [0.29, 0.717) is 12.2 Å². The fraction of sp³-hybridized carbons (Fsp3) is 0.706. The van der Waals surface area contributed by atoms with Crippen LogP contribution in [0.25, 0.3) is 0 Å². The molecule has 0 aromatic carbocycles. The van der Waals surface area contributed by atoms with Crippen LogP contribution in [0.5, 0.6) is 0 Å². The van der Waals surface area contributed by atoms with Crippen LogP contribution in [0, 0.1) is 18.3 Å². The zero-order valence-electron chi connectivity index (χ0n) is 13.0. The highest BCUT2D eigenvalue weighted by molar-refractivity contribution is 5.99. The maximum atomic E-state index is 12.3. The Morgan fingerprint density at radius 1 is 1.26 bits per heavy atom. The van der Waals surface area contributed by atoms with Crippen LogP contribution in [0.2, 0.25) is 0 Å². The van der Waals surface area contributed by atoms with Crippen molar-refractivity contribution in [2.24, 2.45) is 11.3 Å². The van der Waals surface area contributed by atoms with Crippen molar-refractivity contribution >= 4 is 5.78 Å². The van der Waals surface area contributed by atoms with Crippen molar-refractivity contribution in [3.05, 3.63) is 23.0 Å². The van der Waals surface area contributed by atoms with Crippen LogP contribution < -0.4 is 0 Å². The van der Waals surface area contributed by atoms with Crippen LogP contribution >= 0.6 is 0 Å². The first kappa shape index (κ1) is 14.4. The van der Waals surface area contributed by atoms with Gasteiger partial charge in [0.15, 0.2) is 5.78 Å². The minimum absolute atomic E-state index is 0.112. The standard InChI is InChI=1S/C17H27NO/c1-6-13(7-2)11-18-12(3)8-14-15(18)9-17(4,5)10-16(14)19/h8,13H,6-7,9-11H2,1-5H3. The summed E-state index contributed by atoms with van der Waals surface area (Å²) in [5.41, 5.74) is 3.64. The van der Waals surface area contributed by atoms with Crippen molar-refractivity contribution < 1.29 is 4.79 Å². The molecule has 0 spiro atoms. The van der Waals surface area contributed by atoms with Crippen molar-refractivity contribution in [1.82, 2.24) is 4.57 Å². The third-order valence-corrected chi connectivity index (χ3v) is 4.60. The predicted octanol–water partition coefficient (Wildman–Crippen LogP) is 4.39. The highest BCUT2D eigenvalue weighted by atomic mass is 16.1. The first-order valence-corrected chi connectivity index (χ1v) is 7.60. The average molecular weight is 261 g/mol. The molecule has 106 valence electrons. The van der Waals surface area contributed by atoms with Gasteiger partial charge in [0, 0.05) is 29.9 Å². The lowest BCUT2D eigenvalue weighted by molar-refractivity contribution is 0.0909. The fourth-order valence-electron chi connectivity index (χ4n) is 3.27. The number of hydrogen-bond acceptors (Lipinski definition) is 1. The van der Waals surface area contributed by atoms with Crippen molar-refractivity contribution in [3.8, 4) is 0 Å². The first-order valence-electron chi connectivity index (χ1n) is 7.60. The smallest absolute Gasteiger partial charge is 0.165 e. The Morgan fingerprint density at radius 3 is 2.47 bits per heavy atom. The molecule has 1 aromatic rings. The lowest BCUT2D eigenvalue weighted by Crippen LogP contribution is -2.28. The molecule has 0 radical (unpaired) electrons. The van der Waals surface area contributed by atoms with Gasteiger partial charge in [-0.25, -0.2) is 0 Å². The molecule has 0 fully saturated rings. The number of aromatic nitrogens is 1. The Morgan fingerprint density at radius 2 is 1.89 bits per heavy atom. The van der Waals surface area contributed by atoms with Gasteiger partial charge in [0.25, 0.3) is 0 Å². The Bertz CT molecular complexity index is 478. The van der Waals surface area contributed by atoms with E-state index < -0.39 is 0 Å². The van der Waals surface area contributed by atoms with E-state index in [-0.39, 0.29) is 5.41 Å². The highest BCUT2D eigenvalue weighted by Gasteiger charge is 2.33. The number of Topliss-reactive ketones (excluding diaryl/α,β-unsaturated/α-hetero) is 1. The third kappa shape index (κ3) is 2.77. The van der Waals surface area contributed by atoms with Gasteiger partial charge < -0.3 is 4.57 Å². The van der Waals surface area contributed by atoms with Gasteiger partial charge in [0.05, 0.1) is 0 Å². The summed E-state index contributed by atoms with van der Waals surface area (Å²) in [5, 5.41) is 0. The summed E-state index contributed by atoms with van der Waals surface area (Å²) >= 11 is 0. The summed E-state index contributed by atoms with van der Waals surface area (Å²) < 4.78 is 2.41. The zero-order valence-corrected chi connectivity index (χ0v) is 13.0. The molecule has 2 rings (SSSR count). The van der Waals surface area contributed by atoms with E-state index in [9.17, 15) is 4.79 Å². The fourth-order valence-corrected chi connectivity index (χ4v) is 3.27. The molecule has 2 heteroatoms. The molecule has 1 aliphatic carbocycles. The van der Waals surface area contributed by atoms with Crippen LogP contribution in [-0.2, 0) is 13.0 Å². The van der Waals surface area contributed by atoms with Gasteiger partial charge in [-0.2, -0.15) is 0 Å². The number of nitrogens with zero attached hydrogens (tertiary/aromatic N) is 1. The van der Waals surface area contributed by atoms with Gasteiger partial charge in [-0.3, -0.25) is 4.79 Å². The van der Waals surface area contributed by atoms with Gasteiger partial charge in [-0.15, -0.1) is 0 Å². The summed E-state index contributed by atoms with van der Waals surface area (Å²) in [7, 11) is 0. The molecular weight excluding hydrogens is 234 g/mol. The molecular formula is C17H27NO. The summed E-state index contributed by atoms with van der Waals surface area (Å²) in [6.45, 7) is 12.1. The Kier molecular flexibility index (Phi) is 3.89. The van der Waals surface area contributed by atoms with E-state index in [1.807, 2.05) is 0 Å². The summed E-state index contributed by atoms with van der Waals surface area (Å²) in [6.07, 6.45) is 4.14. The number of carbonyl (C=O) groups is 1. The van der Waals surface area contributed by atoms with Crippen molar-refractivity contribution in [2.75, 3.05) is 0 Å². The molecule has 0 amide bonds. The van der Waals surface area contributed by atoms with Crippen LogP contribution in [0.15, 0.2) is 6.07 Å². The normalized spacial score (nSPS) is 17.9. The summed E-state index contributed by atoms with van der Waals surface area (Å²) in [5.74, 6) is 1.05. The summed E-state index contributed by atoms with van der Waals surface area (Å²) in [6, 6.07) is 2.11. The van der Waals surface area contributed by atoms with Crippen LogP contribution in [0.1, 0.15) is 68.7 Å². The Hall–Kier alpha value is -1.05. The van der Waals surface area contributed by atoms with Crippen molar-refractivity contribution in [2.45, 2.75) is 66.8 Å². The lowest BCUT2D eigenvalue weighted by Gasteiger charge is -2.30. The quantitative estimate of drug-likeness (QED) is 0.788. The zero-order chi connectivity index (χ0) is 14.2. The number of hydrogen-bond donors (Lipinski definition) is 0. The van der Waals surface area contributed by atoms with Crippen molar-refractivity contribution in [1.29, 1.82) is 0 Å². The molecule has 1 aromatic heterocycles. The van der Waals surface area contributed by atoms with Crippen LogP contribution in [0.3, 0.4) is 0 Å². The van der Waals surface area contributed by atoms with Crippen molar-refractivity contribution in [3.63, 3.8) is 0 Å². The highest BCUT2D eigenvalue weighted by Crippen LogP contribution is 2.36. The van der Waals surface area contributed by atoms with E-state index in [4.69, 9.17) is 0 Å². The van der Waals surface area contributed by atoms with Gasteiger partial charge >= 0.3 is 0 Å². The minimum atomic E-state index is 0.112. The average Bonchev–Trinajstić information content (AvgIpc) is 2.62. The number of rotatable bonds is 4. The first-order chi connectivity index (χ1) is 8.88. The number of carbonyl (C=O) groups excluding carboxylic acids is 1. The molecule has 1 aliphatic rings. The van der Waals surface area contributed by atoms with Gasteiger partial charge in [0.1, 0.15) is 0 Å². The van der Waals surface area contributed by atoms with E-state index in [1.54, 1.807) is 0 Å². The maximum absolute atomic E-state index is 12.3. The lowest BCUT2D eigenvalue weighted by atomic mass is 9.76. The largest absolute Gasteiger partial charge is 0.348 e. The van der Waals surface area contributed by atoms with Gasteiger partial charge in [-0.1, -0.05) is 40.5 Å². The van der Waals surface area contributed by atoms with E-state index in [2.05, 4.69) is 45.3 Å². The third-order valence-electron chi connectivity index (χ3n) is 4.60. The second-order valence-corrected chi connectivity index (χ2v) is 6.88. The van der Waals surface area contributed by atoms with E-state index in [1.165, 1.54) is 24.2 Å². The Balaban J connectivity index is 2.38. The SMILES string of the molecule is CCC(CC)Cn1c(C)cc2c1CC(C)(C)CC2=O. The van der Waals surface area contributed by atoms with Crippen LogP contribution in [-0.4, -0.2) is 10.4 Å². The monoisotopic (exact) mass is 261 g/mol. The number of ketones is 1. The maximum Gasteiger partial charge on any atom is 0.165 e. The van der Waals surface area contributed by atoms with E-state index in [0.717, 1.165) is 24.4 Å². The molecule has 0 unspecified atom stereocenters. The molecule has 0 saturated heterocycles.